The third-order valence-electron chi connectivity index (χ3n) is 5.31. The lowest BCUT2D eigenvalue weighted by Crippen LogP contribution is -2.28. The van der Waals surface area contributed by atoms with E-state index in [1.165, 1.54) is 9.56 Å². The molecule has 0 saturated heterocycles. The summed E-state index contributed by atoms with van der Waals surface area (Å²) in [6.07, 6.45) is 2.99. The van der Waals surface area contributed by atoms with E-state index in [1.54, 1.807) is 17.4 Å². The van der Waals surface area contributed by atoms with Crippen molar-refractivity contribution in [3.05, 3.63) is 55.7 Å². The van der Waals surface area contributed by atoms with Crippen LogP contribution in [0.15, 0.2) is 23.0 Å². The van der Waals surface area contributed by atoms with Crippen molar-refractivity contribution in [3.8, 4) is 0 Å². The Morgan fingerprint density at radius 1 is 1.31 bits per heavy atom. The van der Waals surface area contributed by atoms with E-state index in [9.17, 15) is 9.59 Å². The molecule has 1 aromatic carbocycles. The summed E-state index contributed by atoms with van der Waals surface area (Å²) in [6.45, 7) is 6.14. The molecule has 0 N–H and O–H groups in total. The largest absolute Gasteiger partial charge is 0.292 e. The summed E-state index contributed by atoms with van der Waals surface area (Å²) in [4.78, 5) is 27.5. The molecule has 1 unspecified atom stereocenters. The highest BCUT2D eigenvalue weighted by Gasteiger charge is 2.24. The quantitative estimate of drug-likeness (QED) is 0.665. The summed E-state index contributed by atoms with van der Waals surface area (Å²) < 4.78 is 1.21. The van der Waals surface area contributed by atoms with Crippen molar-refractivity contribution in [2.24, 2.45) is 5.92 Å². The number of hydrogen-bond acceptors (Lipinski definition) is 5. The molecule has 3 aromatic rings. The lowest BCUT2D eigenvalue weighted by molar-refractivity contribution is 0.0964. The number of aromatic nitrogens is 3. The molecule has 2 aromatic heterocycles. The van der Waals surface area contributed by atoms with Gasteiger partial charge >= 0.3 is 0 Å². The molecule has 0 fully saturated rings. The van der Waals surface area contributed by atoms with Crippen LogP contribution in [0.4, 0.5) is 0 Å². The van der Waals surface area contributed by atoms with Crippen molar-refractivity contribution >= 4 is 27.3 Å². The highest BCUT2D eigenvalue weighted by atomic mass is 32.1. The summed E-state index contributed by atoms with van der Waals surface area (Å²) in [5, 5.41) is 8.91. The highest BCUT2D eigenvalue weighted by molar-refractivity contribution is 7.18. The van der Waals surface area contributed by atoms with Crippen molar-refractivity contribution in [2.75, 3.05) is 0 Å². The number of rotatable bonds is 3. The normalized spacial score (nSPS) is 16.7. The monoisotopic (exact) mass is 367 g/mol. The molecule has 4 rings (SSSR count). The predicted octanol–water partition coefficient (Wildman–Crippen LogP) is 3.48. The molecule has 0 spiro atoms. The Morgan fingerprint density at radius 2 is 2.12 bits per heavy atom. The van der Waals surface area contributed by atoms with E-state index in [2.05, 4.69) is 17.2 Å². The molecule has 0 aliphatic heterocycles. The number of thiophene rings is 1. The first-order valence-electron chi connectivity index (χ1n) is 8.92. The maximum atomic E-state index is 12.9. The number of aryl methyl sites for hydroxylation is 3. The number of carbonyl (C=O) groups is 1. The molecule has 134 valence electrons. The van der Waals surface area contributed by atoms with Gasteiger partial charge in [-0.3, -0.25) is 9.59 Å². The van der Waals surface area contributed by atoms with Gasteiger partial charge in [-0.25, -0.2) is 4.68 Å². The Morgan fingerprint density at radius 3 is 2.88 bits per heavy atom. The zero-order valence-corrected chi connectivity index (χ0v) is 16.0. The van der Waals surface area contributed by atoms with Gasteiger partial charge in [-0.2, -0.15) is 0 Å². The van der Waals surface area contributed by atoms with Crippen molar-refractivity contribution in [1.29, 1.82) is 0 Å². The zero-order chi connectivity index (χ0) is 18.4. The molecule has 5 nitrogen and oxygen atoms in total. The summed E-state index contributed by atoms with van der Waals surface area (Å²) >= 11 is 1.57. The minimum absolute atomic E-state index is 0.0781. The number of carbonyl (C=O) groups excluding carboxylic acids is 1. The van der Waals surface area contributed by atoms with Gasteiger partial charge in [0.1, 0.15) is 6.54 Å². The molecular formula is C20H21N3O2S. The third kappa shape index (κ3) is 2.88. The third-order valence-corrected chi connectivity index (χ3v) is 6.45. The molecule has 26 heavy (non-hydrogen) atoms. The van der Waals surface area contributed by atoms with Gasteiger partial charge in [-0.15, -0.1) is 16.4 Å². The number of Topliss-reactive ketones (excluding diaryl/α,β-unsaturated/α-hetero) is 1. The second-order valence-electron chi connectivity index (χ2n) is 7.31. The first kappa shape index (κ1) is 17.1. The van der Waals surface area contributed by atoms with Gasteiger partial charge in [0.25, 0.3) is 5.56 Å². The molecule has 6 heteroatoms. The van der Waals surface area contributed by atoms with E-state index in [0.29, 0.717) is 21.7 Å². The molecule has 1 aliphatic rings. The fraction of sp³-hybridized carbons (Fsp3) is 0.400. The first-order chi connectivity index (χ1) is 12.4. The van der Waals surface area contributed by atoms with Gasteiger partial charge in [0.2, 0.25) is 0 Å². The number of fused-ring (bicyclic) bond motifs is 3. The van der Waals surface area contributed by atoms with Crippen molar-refractivity contribution in [3.63, 3.8) is 0 Å². The van der Waals surface area contributed by atoms with Crippen LogP contribution in [-0.4, -0.2) is 20.8 Å². The average Bonchev–Trinajstić information content (AvgIpc) is 2.97. The minimum Gasteiger partial charge on any atom is -0.292 e. The lowest BCUT2D eigenvalue weighted by Gasteiger charge is -2.17. The molecule has 0 radical (unpaired) electrons. The minimum atomic E-state index is -0.195. The summed E-state index contributed by atoms with van der Waals surface area (Å²) in [5.41, 5.74) is 3.72. The van der Waals surface area contributed by atoms with E-state index in [0.717, 1.165) is 36.0 Å². The highest BCUT2D eigenvalue weighted by Crippen LogP contribution is 2.35. The fourth-order valence-electron chi connectivity index (χ4n) is 3.54. The van der Waals surface area contributed by atoms with E-state index >= 15 is 0 Å². The maximum Gasteiger partial charge on any atom is 0.279 e. The van der Waals surface area contributed by atoms with Crippen LogP contribution in [0.3, 0.4) is 0 Å². The van der Waals surface area contributed by atoms with E-state index in [-0.39, 0.29) is 17.9 Å². The SMILES string of the molecule is Cc1ccc(C(=O)Cn2nnc3sc4c(c3c2=O)CCC(C)C4)cc1C. The smallest absolute Gasteiger partial charge is 0.279 e. The molecule has 1 aliphatic carbocycles. The van der Waals surface area contributed by atoms with Gasteiger partial charge in [0.15, 0.2) is 10.6 Å². The van der Waals surface area contributed by atoms with Crippen LogP contribution in [0.25, 0.3) is 10.2 Å². The number of benzene rings is 1. The Bertz CT molecular complexity index is 1080. The molecule has 0 bridgehead atoms. The van der Waals surface area contributed by atoms with Crippen molar-refractivity contribution in [1.82, 2.24) is 15.0 Å². The van der Waals surface area contributed by atoms with Crippen LogP contribution in [0.5, 0.6) is 0 Å². The lowest BCUT2D eigenvalue weighted by atomic mass is 9.89. The Kier molecular flexibility index (Phi) is 4.23. The summed E-state index contributed by atoms with van der Waals surface area (Å²) in [7, 11) is 0. The molecule has 0 saturated carbocycles. The number of hydrogen-bond donors (Lipinski definition) is 0. The standard InChI is InChI=1S/C20H21N3O2S/c1-11-4-7-15-17(8-11)26-19-18(15)20(25)23(22-21-19)10-16(24)14-6-5-12(2)13(3)9-14/h5-6,9,11H,4,7-8,10H2,1-3H3. The van der Waals surface area contributed by atoms with Gasteiger partial charge in [-0.05, 0) is 61.8 Å². The molecular weight excluding hydrogens is 346 g/mol. The predicted molar refractivity (Wildman–Crippen MR) is 103 cm³/mol. The average molecular weight is 367 g/mol. The van der Waals surface area contributed by atoms with Crippen molar-refractivity contribution < 1.29 is 4.79 Å². The van der Waals surface area contributed by atoms with Crippen LogP contribution in [0.1, 0.15) is 45.3 Å². The molecule has 2 heterocycles. The molecule has 0 amide bonds. The van der Waals surface area contributed by atoms with E-state index < -0.39 is 0 Å². The zero-order valence-electron chi connectivity index (χ0n) is 15.2. The first-order valence-corrected chi connectivity index (χ1v) is 9.74. The number of ketones is 1. The van der Waals surface area contributed by atoms with Gasteiger partial charge in [0, 0.05) is 10.4 Å². The van der Waals surface area contributed by atoms with Crippen LogP contribution in [0.2, 0.25) is 0 Å². The summed E-state index contributed by atoms with van der Waals surface area (Å²) in [5.74, 6) is 0.513. The topological polar surface area (TPSA) is 64.8 Å². The summed E-state index contributed by atoms with van der Waals surface area (Å²) in [6, 6.07) is 5.59. The van der Waals surface area contributed by atoms with E-state index in [1.807, 2.05) is 26.0 Å². The van der Waals surface area contributed by atoms with Gasteiger partial charge in [0.05, 0.1) is 5.39 Å². The second kappa shape index (κ2) is 6.43. The maximum absolute atomic E-state index is 12.9. The van der Waals surface area contributed by atoms with E-state index in [4.69, 9.17) is 0 Å². The van der Waals surface area contributed by atoms with Crippen LogP contribution < -0.4 is 5.56 Å². The van der Waals surface area contributed by atoms with Gasteiger partial charge < -0.3 is 0 Å². The van der Waals surface area contributed by atoms with Crippen LogP contribution in [0, 0.1) is 19.8 Å². The van der Waals surface area contributed by atoms with Crippen molar-refractivity contribution in [2.45, 2.75) is 46.6 Å². The Hall–Kier alpha value is -2.34. The molecule has 1 atom stereocenters. The Labute approximate surface area is 155 Å². The Balaban J connectivity index is 1.71. The number of nitrogens with zero attached hydrogens (tertiary/aromatic N) is 3. The van der Waals surface area contributed by atoms with Crippen LogP contribution in [-0.2, 0) is 19.4 Å². The van der Waals surface area contributed by atoms with Crippen LogP contribution >= 0.6 is 11.3 Å². The fourth-order valence-corrected chi connectivity index (χ4v) is 4.86. The van der Waals surface area contributed by atoms with Gasteiger partial charge in [-0.1, -0.05) is 24.3 Å². The second-order valence-corrected chi connectivity index (χ2v) is 8.39.